The van der Waals surface area contributed by atoms with Crippen LogP contribution in [0.5, 0.6) is 0 Å². The summed E-state index contributed by atoms with van der Waals surface area (Å²) in [5, 5.41) is 5.34. The maximum absolute atomic E-state index is 10.6. The Kier molecular flexibility index (Phi) is 2.43. The predicted octanol–water partition coefficient (Wildman–Crippen LogP) is 0.614. The van der Waals surface area contributed by atoms with Gasteiger partial charge in [0.1, 0.15) is 5.69 Å². The SMILES string of the molecule is O=Cc1cc2n(n1)CCN(C1=NCCS1)C2. The maximum atomic E-state index is 10.6. The molecule has 5 nitrogen and oxygen atoms in total. The highest BCUT2D eigenvalue weighted by Gasteiger charge is 2.22. The van der Waals surface area contributed by atoms with Gasteiger partial charge in [-0.05, 0) is 6.07 Å². The van der Waals surface area contributed by atoms with E-state index in [1.807, 2.05) is 22.5 Å². The lowest BCUT2D eigenvalue weighted by molar-refractivity contribution is 0.111. The third kappa shape index (κ3) is 1.63. The van der Waals surface area contributed by atoms with Gasteiger partial charge in [0.25, 0.3) is 0 Å². The standard InChI is InChI=1S/C10H12N4OS/c15-7-8-5-9-6-13(2-3-14(9)12-8)10-11-1-4-16-10/h5,7H,1-4,6H2. The van der Waals surface area contributed by atoms with Gasteiger partial charge in [0.15, 0.2) is 11.5 Å². The number of hydrogen-bond donors (Lipinski definition) is 0. The summed E-state index contributed by atoms with van der Waals surface area (Å²) in [5.41, 5.74) is 1.63. The summed E-state index contributed by atoms with van der Waals surface area (Å²) >= 11 is 1.81. The van der Waals surface area contributed by atoms with Gasteiger partial charge in [0.05, 0.1) is 25.3 Å². The van der Waals surface area contributed by atoms with E-state index in [2.05, 4.69) is 15.0 Å². The molecule has 1 aromatic heterocycles. The van der Waals surface area contributed by atoms with E-state index in [1.54, 1.807) is 0 Å². The largest absolute Gasteiger partial charge is 0.344 e. The lowest BCUT2D eigenvalue weighted by Gasteiger charge is -2.28. The van der Waals surface area contributed by atoms with Crippen LogP contribution in [-0.2, 0) is 13.1 Å². The van der Waals surface area contributed by atoms with E-state index in [1.165, 1.54) is 0 Å². The molecule has 16 heavy (non-hydrogen) atoms. The van der Waals surface area contributed by atoms with Gasteiger partial charge in [0, 0.05) is 12.3 Å². The van der Waals surface area contributed by atoms with Crippen LogP contribution in [0.3, 0.4) is 0 Å². The monoisotopic (exact) mass is 236 g/mol. The molecule has 0 fully saturated rings. The second kappa shape index (κ2) is 3.93. The number of fused-ring (bicyclic) bond motifs is 1. The van der Waals surface area contributed by atoms with Crippen LogP contribution in [0, 0.1) is 0 Å². The smallest absolute Gasteiger partial charge is 0.170 e. The first-order valence-electron chi connectivity index (χ1n) is 5.31. The van der Waals surface area contributed by atoms with Crippen molar-refractivity contribution in [3.63, 3.8) is 0 Å². The summed E-state index contributed by atoms with van der Waals surface area (Å²) < 4.78 is 1.92. The molecule has 2 aliphatic heterocycles. The molecule has 6 heteroatoms. The molecule has 0 radical (unpaired) electrons. The van der Waals surface area contributed by atoms with Gasteiger partial charge in [-0.3, -0.25) is 14.5 Å². The van der Waals surface area contributed by atoms with Crippen molar-refractivity contribution in [2.24, 2.45) is 4.99 Å². The van der Waals surface area contributed by atoms with E-state index in [-0.39, 0.29) is 0 Å². The first-order valence-corrected chi connectivity index (χ1v) is 6.29. The first-order chi connectivity index (χ1) is 7.86. The molecular weight excluding hydrogens is 224 g/mol. The van der Waals surface area contributed by atoms with Gasteiger partial charge in [-0.1, -0.05) is 11.8 Å². The second-order valence-corrected chi connectivity index (χ2v) is 4.90. The summed E-state index contributed by atoms with van der Waals surface area (Å²) in [6.07, 6.45) is 0.803. The van der Waals surface area contributed by atoms with Crippen molar-refractivity contribution in [3.05, 3.63) is 17.5 Å². The molecule has 0 bridgehead atoms. The Balaban J connectivity index is 1.82. The number of aliphatic imine (C=N–C) groups is 1. The Morgan fingerprint density at radius 1 is 1.44 bits per heavy atom. The summed E-state index contributed by atoms with van der Waals surface area (Å²) in [7, 11) is 0. The van der Waals surface area contributed by atoms with Gasteiger partial charge in [-0.15, -0.1) is 0 Å². The molecule has 3 rings (SSSR count). The number of thioether (sulfide) groups is 1. The van der Waals surface area contributed by atoms with Crippen molar-refractivity contribution >= 4 is 23.2 Å². The zero-order valence-corrected chi connectivity index (χ0v) is 9.61. The van der Waals surface area contributed by atoms with Crippen molar-refractivity contribution in [1.29, 1.82) is 0 Å². The van der Waals surface area contributed by atoms with Gasteiger partial charge in [-0.25, -0.2) is 0 Å². The number of amidine groups is 1. The zero-order valence-electron chi connectivity index (χ0n) is 8.80. The summed E-state index contributed by atoms with van der Waals surface area (Å²) in [6.45, 7) is 3.50. The molecule has 2 aliphatic rings. The van der Waals surface area contributed by atoms with Crippen molar-refractivity contribution in [1.82, 2.24) is 14.7 Å². The summed E-state index contributed by atoms with van der Waals surface area (Å²) in [4.78, 5) is 17.4. The topological polar surface area (TPSA) is 50.5 Å². The predicted molar refractivity (Wildman–Crippen MR) is 62.8 cm³/mol. The van der Waals surface area contributed by atoms with Gasteiger partial charge in [0.2, 0.25) is 0 Å². The highest BCUT2D eigenvalue weighted by atomic mass is 32.2. The number of aldehydes is 1. The molecule has 3 heterocycles. The molecule has 0 atom stereocenters. The number of nitrogens with zero attached hydrogens (tertiary/aromatic N) is 4. The third-order valence-electron chi connectivity index (χ3n) is 2.78. The fourth-order valence-electron chi connectivity index (χ4n) is 2.02. The number of carbonyl (C=O) groups is 1. The fraction of sp³-hybridized carbons (Fsp3) is 0.500. The van der Waals surface area contributed by atoms with E-state index in [0.29, 0.717) is 5.69 Å². The van der Waals surface area contributed by atoms with Crippen LogP contribution in [0.2, 0.25) is 0 Å². The van der Waals surface area contributed by atoms with Crippen LogP contribution in [0.25, 0.3) is 0 Å². The number of carbonyl (C=O) groups excluding carboxylic acids is 1. The van der Waals surface area contributed by atoms with E-state index >= 15 is 0 Å². The Labute approximate surface area is 97.5 Å². The van der Waals surface area contributed by atoms with Crippen molar-refractivity contribution in [3.8, 4) is 0 Å². The van der Waals surface area contributed by atoms with Crippen LogP contribution in [0.15, 0.2) is 11.1 Å². The van der Waals surface area contributed by atoms with Gasteiger partial charge >= 0.3 is 0 Å². The second-order valence-electron chi connectivity index (χ2n) is 3.84. The molecule has 0 aliphatic carbocycles. The van der Waals surface area contributed by atoms with Crippen LogP contribution >= 0.6 is 11.8 Å². The summed E-state index contributed by atoms with van der Waals surface area (Å²) in [6, 6.07) is 1.86. The minimum absolute atomic E-state index is 0.526. The average molecular weight is 236 g/mol. The molecule has 0 amide bonds. The molecule has 84 valence electrons. The van der Waals surface area contributed by atoms with Crippen LogP contribution in [-0.4, -0.2) is 45.0 Å². The molecule has 0 spiro atoms. The number of rotatable bonds is 1. The Bertz CT molecular complexity index is 454. The van der Waals surface area contributed by atoms with E-state index < -0.39 is 0 Å². The highest BCUT2D eigenvalue weighted by molar-refractivity contribution is 8.14. The maximum Gasteiger partial charge on any atom is 0.170 e. The van der Waals surface area contributed by atoms with E-state index in [4.69, 9.17) is 0 Å². The molecule has 0 aromatic carbocycles. The number of hydrogen-bond acceptors (Lipinski definition) is 5. The fourth-order valence-corrected chi connectivity index (χ4v) is 2.91. The van der Waals surface area contributed by atoms with Crippen molar-refractivity contribution in [2.75, 3.05) is 18.8 Å². The van der Waals surface area contributed by atoms with Crippen molar-refractivity contribution in [2.45, 2.75) is 13.1 Å². The van der Waals surface area contributed by atoms with Crippen LogP contribution < -0.4 is 0 Å². The lowest BCUT2D eigenvalue weighted by Crippen LogP contribution is -2.36. The van der Waals surface area contributed by atoms with Gasteiger partial charge in [-0.2, -0.15) is 5.10 Å². The third-order valence-corrected chi connectivity index (χ3v) is 3.81. The first kappa shape index (κ1) is 9.89. The number of aromatic nitrogens is 2. The normalized spacial score (nSPS) is 19.5. The van der Waals surface area contributed by atoms with Crippen LogP contribution in [0.1, 0.15) is 16.2 Å². The summed E-state index contributed by atoms with van der Waals surface area (Å²) in [5.74, 6) is 1.09. The Morgan fingerprint density at radius 3 is 3.12 bits per heavy atom. The molecule has 1 aromatic rings. The zero-order chi connectivity index (χ0) is 11.0. The molecule has 0 saturated carbocycles. The van der Waals surface area contributed by atoms with E-state index in [9.17, 15) is 4.79 Å². The lowest BCUT2D eigenvalue weighted by atomic mass is 10.3. The van der Waals surface area contributed by atoms with Gasteiger partial charge < -0.3 is 4.90 Å². The van der Waals surface area contributed by atoms with Crippen molar-refractivity contribution < 1.29 is 4.79 Å². The Hall–Kier alpha value is -1.30. The highest BCUT2D eigenvalue weighted by Crippen LogP contribution is 2.21. The molecular formula is C10H12N4OS. The average Bonchev–Trinajstić information content (AvgIpc) is 2.96. The molecule has 0 N–H and O–H groups in total. The van der Waals surface area contributed by atoms with Crippen LogP contribution in [0.4, 0.5) is 0 Å². The Morgan fingerprint density at radius 2 is 2.38 bits per heavy atom. The molecule has 0 saturated heterocycles. The quantitative estimate of drug-likeness (QED) is 0.671. The minimum atomic E-state index is 0.526. The minimum Gasteiger partial charge on any atom is -0.344 e. The molecule has 0 unspecified atom stereocenters. The van der Waals surface area contributed by atoms with E-state index in [0.717, 1.165) is 49.1 Å².